The van der Waals surface area contributed by atoms with Crippen molar-refractivity contribution in [1.29, 1.82) is 0 Å². The molecule has 2 fully saturated rings. The molecule has 1 N–H and O–H groups in total. The molecule has 2 unspecified atom stereocenters. The molecule has 3 rings (SSSR count). The standard InChI is InChI=1S/C21H32N2O3/c1-17(19-10-6-3-7-11-19)22-14-20-15-23(12-13-25-20)21(24)26-16-18-8-4-2-5-9-18/h2,4-5,8-9,17,19-20,22H,3,6-7,10-16H2,1H3. The van der Waals surface area contributed by atoms with E-state index in [9.17, 15) is 4.79 Å². The third-order valence-corrected chi connectivity index (χ3v) is 5.63. The van der Waals surface area contributed by atoms with Gasteiger partial charge in [0.15, 0.2) is 0 Å². The lowest BCUT2D eigenvalue weighted by Gasteiger charge is -2.34. The summed E-state index contributed by atoms with van der Waals surface area (Å²) in [5, 5.41) is 3.64. The predicted molar refractivity (Wildman–Crippen MR) is 102 cm³/mol. The summed E-state index contributed by atoms with van der Waals surface area (Å²) in [5.74, 6) is 0.777. The molecule has 5 nitrogen and oxygen atoms in total. The van der Waals surface area contributed by atoms with Crippen molar-refractivity contribution in [1.82, 2.24) is 10.2 Å². The molecule has 2 aliphatic rings. The number of nitrogens with one attached hydrogen (secondary N) is 1. The molecular formula is C21H32N2O3. The second-order valence-corrected chi connectivity index (χ2v) is 7.57. The zero-order valence-corrected chi connectivity index (χ0v) is 15.9. The van der Waals surface area contributed by atoms with Crippen LogP contribution in [0.15, 0.2) is 30.3 Å². The van der Waals surface area contributed by atoms with E-state index in [1.54, 1.807) is 4.90 Å². The molecule has 2 atom stereocenters. The number of carbonyl (C=O) groups excluding carboxylic acids is 1. The highest BCUT2D eigenvalue weighted by Gasteiger charge is 2.26. The van der Waals surface area contributed by atoms with Crippen molar-refractivity contribution >= 4 is 6.09 Å². The fourth-order valence-electron chi connectivity index (χ4n) is 3.94. The number of hydrogen-bond acceptors (Lipinski definition) is 4. The van der Waals surface area contributed by atoms with Gasteiger partial charge in [-0.15, -0.1) is 0 Å². The maximum Gasteiger partial charge on any atom is 0.410 e. The highest BCUT2D eigenvalue weighted by Crippen LogP contribution is 2.26. The molecule has 1 heterocycles. The molecule has 1 aromatic carbocycles. The van der Waals surface area contributed by atoms with Crippen LogP contribution in [-0.2, 0) is 16.1 Å². The Bertz CT molecular complexity index is 545. The third-order valence-electron chi connectivity index (χ3n) is 5.63. The van der Waals surface area contributed by atoms with Crippen LogP contribution in [0.5, 0.6) is 0 Å². The summed E-state index contributed by atoms with van der Waals surface area (Å²) < 4.78 is 11.3. The van der Waals surface area contributed by atoms with Crippen LogP contribution in [0.3, 0.4) is 0 Å². The van der Waals surface area contributed by atoms with Gasteiger partial charge in [-0.25, -0.2) is 4.79 Å². The van der Waals surface area contributed by atoms with E-state index in [4.69, 9.17) is 9.47 Å². The summed E-state index contributed by atoms with van der Waals surface area (Å²) in [6.07, 6.45) is 6.56. The van der Waals surface area contributed by atoms with Gasteiger partial charge in [0.1, 0.15) is 6.61 Å². The highest BCUT2D eigenvalue weighted by molar-refractivity contribution is 5.67. The molecule has 1 amide bonds. The Labute approximate surface area is 157 Å². The first kappa shape index (κ1) is 19.2. The molecule has 1 saturated carbocycles. The molecule has 0 aromatic heterocycles. The Hall–Kier alpha value is -1.59. The van der Waals surface area contributed by atoms with Gasteiger partial charge in [0, 0.05) is 19.1 Å². The Morgan fingerprint density at radius 1 is 1.27 bits per heavy atom. The number of morpholine rings is 1. The minimum absolute atomic E-state index is 0.0408. The number of nitrogens with zero attached hydrogens (tertiary/aromatic N) is 1. The van der Waals surface area contributed by atoms with E-state index in [2.05, 4.69) is 12.2 Å². The molecule has 1 aliphatic carbocycles. The molecule has 26 heavy (non-hydrogen) atoms. The summed E-state index contributed by atoms with van der Waals surface area (Å²) in [6, 6.07) is 10.3. The summed E-state index contributed by atoms with van der Waals surface area (Å²) in [4.78, 5) is 14.1. The zero-order chi connectivity index (χ0) is 18.2. The minimum Gasteiger partial charge on any atom is -0.445 e. The SMILES string of the molecule is CC(NCC1CN(C(=O)OCc2ccccc2)CCO1)C1CCCCC1. The minimum atomic E-state index is -0.248. The Morgan fingerprint density at radius 3 is 2.81 bits per heavy atom. The molecule has 5 heteroatoms. The van der Waals surface area contributed by atoms with Crippen LogP contribution in [0.1, 0.15) is 44.6 Å². The average molecular weight is 360 g/mol. The van der Waals surface area contributed by atoms with Gasteiger partial charge in [-0.2, -0.15) is 0 Å². The van der Waals surface area contributed by atoms with E-state index in [1.807, 2.05) is 30.3 Å². The van der Waals surface area contributed by atoms with E-state index < -0.39 is 0 Å². The number of rotatable bonds is 6. The van der Waals surface area contributed by atoms with Crippen molar-refractivity contribution in [2.75, 3.05) is 26.2 Å². The molecule has 0 radical (unpaired) electrons. The second-order valence-electron chi connectivity index (χ2n) is 7.57. The summed E-state index contributed by atoms with van der Waals surface area (Å²) >= 11 is 0. The first-order chi connectivity index (χ1) is 12.7. The van der Waals surface area contributed by atoms with Crippen molar-refractivity contribution in [3.05, 3.63) is 35.9 Å². The molecule has 1 aliphatic heterocycles. The monoisotopic (exact) mass is 360 g/mol. The van der Waals surface area contributed by atoms with Crippen LogP contribution < -0.4 is 5.32 Å². The third kappa shape index (κ3) is 5.71. The van der Waals surface area contributed by atoms with Gasteiger partial charge in [0.25, 0.3) is 0 Å². The van der Waals surface area contributed by atoms with Gasteiger partial charge >= 0.3 is 6.09 Å². The number of hydrogen-bond donors (Lipinski definition) is 1. The summed E-state index contributed by atoms with van der Waals surface area (Å²) in [5.41, 5.74) is 1.01. The molecule has 1 saturated heterocycles. The van der Waals surface area contributed by atoms with Gasteiger partial charge in [0.05, 0.1) is 19.3 Å². The van der Waals surface area contributed by atoms with E-state index >= 15 is 0 Å². The van der Waals surface area contributed by atoms with Crippen molar-refractivity contribution in [3.8, 4) is 0 Å². The lowest BCUT2D eigenvalue weighted by Crippen LogP contribution is -2.50. The van der Waals surface area contributed by atoms with Gasteiger partial charge in [-0.05, 0) is 31.2 Å². The molecular weight excluding hydrogens is 328 g/mol. The van der Waals surface area contributed by atoms with Crippen molar-refractivity contribution in [2.45, 2.75) is 57.8 Å². The fourth-order valence-corrected chi connectivity index (χ4v) is 3.94. The van der Waals surface area contributed by atoms with E-state index in [-0.39, 0.29) is 12.2 Å². The van der Waals surface area contributed by atoms with Crippen LogP contribution in [0.25, 0.3) is 0 Å². The van der Waals surface area contributed by atoms with Crippen LogP contribution >= 0.6 is 0 Å². The number of amides is 1. The summed E-state index contributed by atoms with van der Waals surface area (Å²) in [7, 11) is 0. The Balaban J connectivity index is 1.39. The van der Waals surface area contributed by atoms with Crippen molar-refractivity contribution in [3.63, 3.8) is 0 Å². The summed E-state index contributed by atoms with van der Waals surface area (Å²) in [6.45, 7) is 5.16. The van der Waals surface area contributed by atoms with Gasteiger partial charge in [-0.1, -0.05) is 49.6 Å². The molecule has 0 bridgehead atoms. The van der Waals surface area contributed by atoms with Gasteiger partial charge in [0.2, 0.25) is 0 Å². The first-order valence-electron chi connectivity index (χ1n) is 10.0. The van der Waals surface area contributed by atoms with Gasteiger partial charge < -0.3 is 19.7 Å². The van der Waals surface area contributed by atoms with Crippen LogP contribution in [0.4, 0.5) is 4.79 Å². The number of ether oxygens (including phenoxy) is 2. The topological polar surface area (TPSA) is 50.8 Å². The van der Waals surface area contributed by atoms with E-state index in [1.165, 1.54) is 32.1 Å². The smallest absolute Gasteiger partial charge is 0.410 e. The Morgan fingerprint density at radius 2 is 2.04 bits per heavy atom. The van der Waals surface area contributed by atoms with Crippen LogP contribution in [0.2, 0.25) is 0 Å². The van der Waals surface area contributed by atoms with Crippen molar-refractivity contribution < 1.29 is 14.3 Å². The second kappa shape index (κ2) is 9.93. The van der Waals surface area contributed by atoms with Crippen LogP contribution in [0, 0.1) is 5.92 Å². The van der Waals surface area contributed by atoms with Crippen molar-refractivity contribution in [2.24, 2.45) is 5.92 Å². The van der Waals surface area contributed by atoms with E-state index in [0.717, 1.165) is 18.0 Å². The van der Waals surface area contributed by atoms with Crippen LogP contribution in [-0.4, -0.2) is 49.4 Å². The number of carbonyl (C=O) groups is 1. The maximum atomic E-state index is 12.3. The van der Waals surface area contributed by atoms with Gasteiger partial charge in [-0.3, -0.25) is 0 Å². The highest BCUT2D eigenvalue weighted by atomic mass is 16.6. The fraction of sp³-hybridized carbons (Fsp3) is 0.667. The number of benzene rings is 1. The lowest BCUT2D eigenvalue weighted by molar-refractivity contribution is -0.0286. The van der Waals surface area contributed by atoms with E-state index in [0.29, 0.717) is 32.3 Å². The molecule has 144 valence electrons. The Kier molecular flexibility index (Phi) is 7.32. The quantitative estimate of drug-likeness (QED) is 0.842. The first-order valence-corrected chi connectivity index (χ1v) is 10.0. The molecule has 1 aromatic rings. The zero-order valence-electron chi connectivity index (χ0n) is 15.9. The molecule has 0 spiro atoms. The normalized spacial score (nSPS) is 22.8. The maximum absolute atomic E-state index is 12.3. The predicted octanol–water partition coefficient (Wildman–Crippen LogP) is 3.58. The average Bonchev–Trinajstić information content (AvgIpc) is 2.72. The lowest BCUT2D eigenvalue weighted by atomic mass is 9.84. The largest absolute Gasteiger partial charge is 0.445 e.